The molecule has 2 aliphatic rings. The lowest BCUT2D eigenvalue weighted by Crippen LogP contribution is -2.55. The molecule has 1 aromatic heterocycles. The van der Waals surface area contributed by atoms with E-state index in [1.807, 2.05) is 29.2 Å². The Kier molecular flexibility index (Phi) is 6.66. The number of aromatic nitrogens is 1. The van der Waals surface area contributed by atoms with E-state index in [0.717, 1.165) is 23.3 Å². The second-order valence-corrected chi connectivity index (χ2v) is 9.69. The van der Waals surface area contributed by atoms with Gasteiger partial charge < -0.3 is 9.64 Å². The molecular formula is C23H25ClN2O3S. The molecule has 2 heterocycles. The molecule has 4 unspecified atom stereocenters. The average Bonchev–Trinajstić information content (AvgIpc) is 3.60. The third-order valence-corrected chi connectivity index (χ3v) is 7.41. The van der Waals surface area contributed by atoms with E-state index in [1.54, 1.807) is 30.6 Å². The van der Waals surface area contributed by atoms with Gasteiger partial charge in [0.15, 0.2) is 0 Å². The summed E-state index contributed by atoms with van der Waals surface area (Å²) in [6, 6.07) is 10.8. The molecule has 0 radical (unpaired) electrons. The molecule has 0 N–H and O–H groups in total. The van der Waals surface area contributed by atoms with Crippen molar-refractivity contribution in [3.05, 3.63) is 72.0 Å². The molecule has 5 nitrogen and oxygen atoms in total. The SMILES string of the molecule is C=CCC1OCC(c2ccc(Cl)cc2)N(C(CS(=O)c2ccncc2)C2CC2)C1=O. The zero-order chi connectivity index (χ0) is 21.1. The third-order valence-electron chi connectivity index (χ3n) is 5.71. The Labute approximate surface area is 184 Å². The summed E-state index contributed by atoms with van der Waals surface area (Å²) in [5, 5.41) is 0.649. The molecule has 158 valence electrons. The van der Waals surface area contributed by atoms with E-state index in [2.05, 4.69) is 11.6 Å². The highest BCUT2D eigenvalue weighted by Gasteiger charge is 2.46. The monoisotopic (exact) mass is 444 g/mol. The van der Waals surface area contributed by atoms with Crippen LogP contribution in [0.15, 0.2) is 66.3 Å². The van der Waals surface area contributed by atoms with Gasteiger partial charge in [-0.15, -0.1) is 6.58 Å². The lowest BCUT2D eigenvalue weighted by Gasteiger charge is -2.44. The van der Waals surface area contributed by atoms with Crippen LogP contribution in [-0.4, -0.2) is 44.5 Å². The van der Waals surface area contributed by atoms with Gasteiger partial charge in [-0.3, -0.25) is 14.0 Å². The molecule has 4 rings (SSSR count). The molecule has 1 aliphatic heterocycles. The largest absolute Gasteiger partial charge is 0.366 e. The summed E-state index contributed by atoms with van der Waals surface area (Å²) in [4.78, 5) is 20.2. The van der Waals surface area contributed by atoms with Crippen molar-refractivity contribution in [2.75, 3.05) is 12.4 Å². The van der Waals surface area contributed by atoms with Gasteiger partial charge in [-0.1, -0.05) is 29.8 Å². The Balaban J connectivity index is 1.65. The Morgan fingerprint density at radius 1 is 1.23 bits per heavy atom. The van der Waals surface area contributed by atoms with E-state index in [0.29, 0.717) is 29.7 Å². The highest BCUT2D eigenvalue weighted by atomic mass is 35.5. The third kappa shape index (κ3) is 4.66. The molecule has 30 heavy (non-hydrogen) atoms. The highest BCUT2D eigenvalue weighted by molar-refractivity contribution is 7.85. The van der Waals surface area contributed by atoms with Gasteiger partial charge in [-0.2, -0.15) is 0 Å². The van der Waals surface area contributed by atoms with Crippen LogP contribution in [0.2, 0.25) is 5.02 Å². The van der Waals surface area contributed by atoms with Crippen LogP contribution < -0.4 is 0 Å². The van der Waals surface area contributed by atoms with Gasteiger partial charge in [0.1, 0.15) is 6.10 Å². The number of ether oxygens (including phenoxy) is 1. The number of halogens is 1. The molecule has 1 amide bonds. The fraction of sp³-hybridized carbons (Fsp3) is 0.391. The summed E-state index contributed by atoms with van der Waals surface area (Å²) in [5.74, 6) is 0.715. The highest BCUT2D eigenvalue weighted by Crippen LogP contribution is 2.41. The molecule has 2 aromatic rings. The van der Waals surface area contributed by atoms with Crippen LogP contribution >= 0.6 is 11.6 Å². The summed E-state index contributed by atoms with van der Waals surface area (Å²) in [7, 11) is -1.22. The van der Waals surface area contributed by atoms with Crippen molar-refractivity contribution in [1.82, 2.24) is 9.88 Å². The zero-order valence-corrected chi connectivity index (χ0v) is 18.2. The number of hydrogen-bond acceptors (Lipinski definition) is 4. The van der Waals surface area contributed by atoms with E-state index in [-0.39, 0.29) is 18.0 Å². The normalized spacial score (nSPS) is 23.8. The first kappa shape index (κ1) is 21.2. The van der Waals surface area contributed by atoms with E-state index in [1.165, 1.54) is 0 Å². The van der Waals surface area contributed by atoms with Crippen molar-refractivity contribution >= 4 is 28.3 Å². The van der Waals surface area contributed by atoms with E-state index < -0.39 is 16.9 Å². The van der Waals surface area contributed by atoms with Crippen LogP contribution in [0.3, 0.4) is 0 Å². The number of pyridine rings is 1. The number of nitrogens with zero attached hydrogens (tertiary/aromatic N) is 2. The number of rotatable bonds is 8. The first-order valence-electron chi connectivity index (χ1n) is 10.2. The predicted octanol–water partition coefficient (Wildman–Crippen LogP) is 4.17. The summed E-state index contributed by atoms with van der Waals surface area (Å²) in [6.45, 7) is 4.16. The van der Waals surface area contributed by atoms with E-state index in [9.17, 15) is 9.00 Å². The topological polar surface area (TPSA) is 59.5 Å². The molecule has 1 saturated heterocycles. The zero-order valence-electron chi connectivity index (χ0n) is 16.7. The Morgan fingerprint density at radius 2 is 1.93 bits per heavy atom. The predicted molar refractivity (Wildman–Crippen MR) is 118 cm³/mol. The number of morpholine rings is 1. The van der Waals surface area contributed by atoms with Gasteiger partial charge in [0.25, 0.3) is 5.91 Å². The summed E-state index contributed by atoms with van der Waals surface area (Å²) in [6.07, 6.45) is 7.02. The van der Waals surface area contributed by atoms with Crippen molar-refractivity contribution < 1.29 is 13.7 Å². The van der Waals surface area contributed by atoms with Gasteiger partial charge in [0.05, 0.1) is 23.4 Å². The molecule has 0 bridgehead atoms. The summed E-state index contributed by atoms with van der Waals surface area (Å²) in [5.41, 5.74) is 0.977. The Morgan fingerprint density at radius 3 is 2.57 bits per heavy atom. The van der Waals surface area contributed by atoms with Crippen LogP contribution in [-0.2, 0) is 20.3 Å². The van der Waals surface area contributed by atoms with Gasteiger partial charge in [0.2, 0.25) is 0 Å². The number of carbonyl (C=O) groups is 1. The molecule has 0 spiro atoms. The minimum atomic E-state index is -1.22. The van der Waals surface area contributed by atoms with Crippen molar-refractivity contribution in [3.8, 4) is 0 Å². The van der Waals surface area contributed by atoms with Crippen molar-refractivity contribution in [1.29, 1.82) is 0 Å². The number of benzene rings is 1. The second kappa shape index (κ2) is 9.41. The molecule has 1 aliphatic carbocycles. The minimum absolute atomic E-state index is 0.0512. The summed E-state index contributed by atoms with van der Waals surface area (Å²) < 4.78 is 19.0. The van der Waals surface area contributed by atoms with Crippen LogP contribution in [0.5, 0.6) is 0 Å². The minimum Gasteiger partial charge on any atom is -0.366 e. The number of amides is 1. The van der Waals surface area contributed by atoms with Crippen LogP contribution in [0.4, 0.5) is 0 Å². The summed E-state index contributed by atoms with van der Waals surface area (Å²) >= 11 is 6.07. The maximum atomic E-state index is 13.5. The van der Waals surface area contributed by atoms with Crippen molar-refractivity contribution in [2.45, 2.75) is 42.3 Å². The van der Waals surface area contributed by atoms with Gasteiger partial charge in [-0.05, 0) is 48.6 Å². The second-order valence-electron chi connectivity index (χ2n) is 7.76. The first-order chi connectivity index (χ1) is 14.6. The van der Waals surface area contributed by atoms with Crippen LogP contribution in [0, 0.1) is 5.92 Å². The van der Waals surface area contributed by atoms with Gasteiger partial charge >= 0.3 is 0 Å². The fourth-order valence-corrected chi connectivity index (χ4v) is 5.49. The Hall–Kier alpha value is -2.02. The van der Waals surface area contributed by atoms with Crippen molar-refractivity contribution in [3.63, 3.8) is 0 Å². The average molecular weight is 445 g/mol. The van der Waals surface area contributed by atoms with E-state index >= 15 is 0 Å². The fourth-order valence-electron chi connectivity index (χ4n) is 4.00. The van der Waals surface area contributed by atoms with Crippen molar-refractivity contribution in [2.24, 2.45) is 5.92 Å². The molecule has 1 aromatic carbocycles. The van der Waals surface area contributed by atoms with Crippen LogP contribution in [0.1, 0.15) is 30.9 Å². The quantitative estimate of drug-likeness (QED) is 0.573. The van der Waals surface area contributed by atoms with Gasteiger partial charge in [0, 0.05) is 40.5 Å². The first-order valence-corrected chi connectivity index (χ1v) is 11.9. The molecule has 7 heteroatoms. The smallest absolute Gasteiger partial charge is 0.252 e. The Bertz CT molecular complexity index is 918. The molecule has 4 atom stereocenters. The number of carbonyl (C=O) groups excluding carboxylic acids is 1. The number of hydrogen-bond donors (Lipinski definition) is 0. The van der Waals surface area contributed by atoms with Crippen LogP contribution in [0.25, 0.3) is 0 Å². The lowest BCUT2D eigenvalue weighted by atomic mass is 9.98. The van der Waals surface area contributed by atoms with E-state index in [4.69, 9.17) is 16.3 Å². The molecule has 2 fully saturated rings. The maximum Gasteiger partial charge on any atom is 0.252 e. The maximum absolute atomic E-state index is 13.5. The van der Waals surface area contributed by atoms with Gasteiger partial charge in [-0.25, -0.2) is 0 Å². The molecule has 1 saturated carbocycles. The lowest BCUT2D eigenvalue weighted by molar-refractivity contribution is -0.163. The standard InChI is InChI=1S/C23H25ClN2O3S/c1-2-3-22-23(27)26(20(14-29-22)16-6-8-18(24)9-7-16)21(17-4-5-17)15-30(28)19-10-12-25-13-11-19/h2,6-13,17,20-22H,1,3-5,14-15H2. The molecular weight excluding hydrogens is 420 g/mol.